The Bertz CT molecular complexity index is 741. The van der Waals surface area contributed by atoms with Gasteiger partial charge in [-0.05, 0) is 40.5 Å². The van der Waals surface area contributed by atoms with E-state index in [0.717, 1.165) is 36.7 Å². The summed E-state index contributed by atoms with van der Waals surface area (Å²) >= 11 is 0. The predicted molar refractivity (Wildman–Crippen MR) is 94.2 cm³/mol. The van der Waals surface area contributed by atoms with E-state index in [1.165, 1.54) is 6.33 Å². The lowest BCUT2D eigenvalue weighted by Gasteiger charge is -2.24. The number of aromatic nitrogens is 5. The molecule has 2 amide bonds. The number of carbonyl (C=O) groups is 1. The highest BCUT2D eigenvalue weighted by molar-refractivity contribution is 5.73. The van der Waals surface area contributed by atoms with Gasteiger partial charge in [0.15, 0.2) is 0 Å². The van der Waals surface area contributed by atoms with Crippen LogP contribution in [0.5, 0.6) is 0 Å². The van der Waals surface area contributed by atoms with Crippen molar-refractivity contribution in [3.63, 3.8) is 0 Å². The molecule has 25 heavy (non-hydrogen) atoms. The normalized spacial score (nSPS) is 17.2. The van der Waals surface area contributed by atoms with E-state index in [1.807, 2.05) is 11.6 Å². The highest BCUT2D eigenvalue weighted by atomic mass is 16.2. The van der Waals surface area contributed by atoms with E-state index in [0.29, 0.717) is 13.1 Å². The van der Waals surface area contributed by atoms with E-state index < -0.39 is 0 Å². The molecule has 0 aromatic carbocycles. The first-order valence-electron chi connectivity index (χ1n) is 8.79. The Morgan fingerprint density at radius 3 is 2.92 bits per heavy atom. The summed E-state index contributed by atoms with van der Waals surface area (Å²) in [4.78, 5) is 21.0. The molecule has 3 heterocycles. The van der Waals surface area contributed by atoms with Crippen molar-refractivity contribution in [1.29, 1.82) is 0 Å². The van der Waals surface area contributed by atoms with Crippen LogP contribution in [0.15, 0.2) is 12.5 Å². The summed E-state index contributed by atoms with van der Waals surface area (Å²) in [5, 5.41) is 10.1. The second-order valence-corrected chi connectivity index (χ2v) is 7.60. The first-order chi connectivity index (χ1) is 11.8. The number of nitrogens with one attached hydrogen (secondary N) is 2. The number of amides is 2. The number of imidazole rings is 1. The highest BCUT2D eigenvalue weighted by Crippen LogP contribution is 2.25. The minimum atomic E-state index is -0.191. The molecule has 0 bridgehead atoms. The number of nitrogens with zero attached hydrogens (tertiary/aromatic N) is 5. The van der Waals surface area contributed by atoms with E-state index in [1.54, 1.807) is 0 Å². The fraction of sp³-hybridized carbons (Fsp3) is 0.647. The fourth-order valence-electron chi connectivity index (χ4n) is 3.28. The maximum Gasteiger partial charge on any atom is 0.315 e. The SMILES string of the molecule is Cc1cn2c(n1)[C@H](CNC(=O)NCc1ncnn1C(C)(C)C)CCC2. The van der Waals surface area contributed by atoms with Crippen molar-refractivity contribution in [3.8, 4) is 0 Å². The van der Waals surface area contributed by atoms with Gasteiger partial charge in [0.1, 0.15) is 18.0 Å². The Kier molecular flexibility index (Phi) is 4.78. The van der Waals surface area contributed by atoms with Gasteiger partial charge in [0, 0.05) is 25.2 Å². The van der Waals surface area contributed by atoms with Crippen LogP contribution in [0.4, 0.5) is 4.79 Å². The van der Waals surface area contributed by atoms with Crippen molar-refractivity contribution in [2.24, 2.45) is 0 Å². The van der Waals surface area contributed by atoms with Gasteiger partial charge < -0.3 is 15.2 Å². The van der Waals surface area contributed by atoms with Gasteiger partial charge in [-0.1, -0.05) is 0 Å². The molecule has 8 nitrogen and oxygen atoms in total. The van der Waals surface area contributed by atoms with Crippen LogP contribution < -0.4 is 10.6 Å². The lowest BCUT2D eigenvalue weighted by molar-refractivity contribution is 0.237. The van der Waals surface area contributed by atoms with Gasteiger partial charge in [-0.3, -0.25) is 0 Å². The molecule has 1 aliphatic rings. The minimum absolute atomic E-state index is 0.166. The Morgan fingerprint density at radius 1 is 1.36 bits per heavy atom. The van der Waals surface area contributed by atoms with E-state index in [4.69, 9.17) is 0 Å². The molecule has 0 unspecified atom stereocenters. The van der Waals surface area contributed by atoms with E-state index in [9.17, 15) is 4.79 Å². The van der Waals surface area contributed by atoms with E-state index in [2.05, 4.69) is 57.2 Å². The van der Waals surface area contributed by atoms with Crippen molar-refractivity contribution >= 4 is 6.03 Å². The molecule has 2 aromatic heterocycles. The van der Waals surface area contributed by atoms with Crippen LogP contribution in [0, 0.1) is 6.92 Å². The smallest absolute Gasteiger partial charge is 0.315 e. The molecule has 136 valence electrons. The maximum atomic E-state index is 12.2. The Labute approximate surface area is 148 Å². The van der Waals surface area contributed by atoms with Crippen molar-refractivity contribution < 1.29 is 4.79 Å². The Hall–Kier alpha value is -2.38. The molecule has 0 spiro atoms. The number of urea groups is 1. The number of hydrogen-bond donors (Lipinski definition) is 2. The second-order valence-electron chi connectivity index (χ2n) is 7.60. The van der Waals surface area contributed by atoms with Crippen LogP contribution in [-0.2, 0) is 18.6 Å². The van der Waals surface area contributed by atoms with Gasteiger partial charge >= 0.3 is 6.03 Å². The van der Waals surface area contributed by atoms with E-state index >= 15 is 0 Å². The van der Waals surface area contributed by atoms with Crippen LogP contribution >= 0.6 is 0 Å². The molecule has 0 aliphatic carbocycles. The average Bonchev–Trinajstić information content (AvgIpc) is 3.15. The third kappa shape index (κ3) is 4.00. The maximum absolute atomic E-state index is 12.2. The topological polar surface area (TPSA) is 89.7 Å². The fourth-order valence-corrected chi connectivity index (χ4v) is 3.28. The molecule has 0 fully saturated rings. The molecule has 0 saturated carbocycles. The van der Waals surface area contributed by atoms with Gasteiger partial charge in [0.25, 0.3) is 0 Å². The van der Waals surface area contributed by atoms with Crippen LogP contribution in [0.1, 0.15) is 56.9 Å². The standard InChI is InChI=1S/C17H27N7O/c1-12-10-23-7-5-6-13(15(23)22-12)8-18-16(25)19-9-14-20-11-21-24(14)17(2,3)4/h10-11,13H,5-9H2,1-4H3,(H2,18,19,25)/t13-/m0/s1. The monoisotopic (exact) mass is 345 g/mol. The molecule has 3 rings (SSSR count). The lowest BCUT2D eigenvalue weighted by atomic mass is 9.99. The minimum Gasteiger partial charge on any atom is -0.337 e. The predicted octanol–water partition coefficient (Wildman–Crippen LogP) is 1.91. The van der Waals surface area contributed by atoms with Crippen LogP contribution in [0.25, 0.3) is 0 Å². The zero-order chi connectivity index (χ0) is 18.0. The molecule has 2 aromatic rings. The first-order valence-corrected chi connectivity index (χ1v) is 8.79. The summed E-state index contributed by atoms with van der Waals surface area (Å²) in [6.45, 7) is 10.1. The number of rotatable bonds is 4. The molecule has 1 aliphatic heterocycles. The zero-order valence-electron chi connectivity index (χ0n) is 15.4. The van der Waals surface area contributed by atoms with Crippen molar-refractivity contribution in [3.05, 3.63) is 29.9 Å². The zero-order valence-corrected chi connectivity index (χ0v) is 15.4. The number of fused-ring (bicyclic) bond motifs is 1. The molecule has 1 atom stereocenters. The van der Waals surface area contributed by atoms with Crippen LogP contribution in [-0.4, -0.2) is 36.9 Å². The Balaban J connectivity index is 1.52. The quantitative estimate of drug-likeness (QED) is 0.886. The summed E-state index contributed by atoms with van der Waals surface area (Å²) in [5.74, 6) is 2.09. The van der Waals surface area contributed by atoms with Crippen molar-refractivity contribution in [2.45, 2.75) is 65.1 Å². The molecule has 0 saturated heterocycles. The van der Waals surface area contributed by atoms with Gasteiger partial charge in [0.05, 0.1) is 17.8 Å². The summed E-state index contributed by atoms with van der Waals surface area (Å²) in [7, 11) is 0. The highest BCUT2D eigenvalue weighted by Gasteiger charge is 2.23. The largest absolute Gasteiger partial charge is 0.337 e. The number of aryl methyl sites for hydroxylation is 2. The lowest BCUT2D eigenvalue weighted by Crippen LogP contribution is -2.39. The molecule has 2 N–H and O–H groups in total. The third-order valence-corrected chi connectivity index (χ3v) is 4.41. The van der Waals surface area contributed by atoms with Crippen LogP contribution in [0.2, 0.25) is 0 Å². The molecule has 0 radical (unpaired) electrons. The summed E-state index contributed by atoms with van der Waals surface area (Å²) in [6.07, 6.45) is 5.77. The van der Waals surface area contributed by atoms with E-state index in [-0.39, 0.29) is 17.5 Å². The molecule has 8 heteroatoms. The van der Waals surface area contributed by atoms with Gasteiger partial charge in [-0.25, -0.2) is 19.4 Å². The van der Waals surface area contributed by atoms with Gasteiger partial charge in [-0.15, -0.1) is 0 Å². The summed E-state index contributed by atoms with van der Waals surface area (Å²) < 4.78 is 4.03. The van der Waals surface area contributed by atoms with Gasteiger partial charge in [0.2, 0.25) is 0 Å². The number of hydrogen-bond acceptors (Lipinski definition) is 4. The van der Waals surface area contributed by atoms with Gasteiger partial charge in [-0.2, -0.15) is 5.10 Å². The molecular weight excluding hydrogens is 318 g/mol. The second kappa shape index (κ2) is 6.85. The van der Waals surface area contributed by atoms with Crippen LogP contribution in [0.3, 0.4) is 0 Å². The van der Waals surface area contributed by atoms with Crippen molar-refractivity contribution in [2.75, 3.05) is 6.54 Å². The molecular formula is C17H27N7O. The summed E-state index contributed by atoms with van der Waals surface area (Å²) in [5.41, 5.74) is 0.869. The summed E-state index contributed by atoms with van der Waals surface area (Å²) in [6, 6.07) is -0.191. The third-order valence-electron chi connectivity index (χ3n) is 4.41. The first kappa shape index (κ1) is 17.4. The Morgan fingerprint density at radius 2 is 2.16 bits per heavy atom. The number of carbonyl (C=O) groups excluding carboxylic acids is 1. The average molecular weight is 345 g/mol. The van der Waals surface area contributed by atoms with Crippen molar-refractivity contribution in [1.82, 2.24) is 34.9 Å².